The van der Waals surface area contributed by atoms with Gasteiger partial charge in [0.2, 0.25) is 0 Å². The highest BCUT2D eigenvalue weighted by atomic mass is 16.7. The van der Waals surface area contributed by atoms with Gasteiger partial charge in [-0.1, -0.05) is 20.8 Å². The molecule has 186 valence electrons. The fourth-order valence-electron chi connectivity index (χ4n) is 3.86. The molecule has 2 saturated heterocycles. The van der Waals surface area contributed by atoms with Gasteiger partial charge in [-0.2, -0.15) is 0 Å². The number of aliphatic hydroxyl groups is 4. The van der Waals surface area contributed by atoms with Crippen LogP contribution in [0.15, 0.2) is 0 Å². The number of likely N-dealkylation sites (N-methyl/N-ethyl adjacent to an activating group) is 1. The average molecular weight is 465 g/mol. The summed E-state index contributed by atoms with van der Waals surface area (Å²) in [6.45, 7) is 8.51. The van der Waals surface area contributed by atoms with Crippen LogP contribution in [-0.2, 0) is 28.5 Å². The Labute approximate surface area is 186 Å². The van der Waals surface area contributed by atoms with Crippen LogP contribution < -0.4 is 5.32 Å². The van der Waals surface area contributed by atoms with Gasteiger partial charge in [0.1, 0.15) is 36.6 Å². The predicted molar refractivity (Wildman–Crippen MR) is 107 cm³/mol. The molecule has 1 amide bonds. The van der Waals surface area contributed by atoms with Crippen molar-refractivity contribution >= 4 is 11.9 Å². The van der Waals surface area contributed by atoms with E-state index >= 15 is 0 Å². The van der Waals surface area contributed by atoms with Crippen molar-refractivity contribution in [3.8, 4) is 0 Å². The Morgan fingerprint density at radius 2 is 1.47 bits per heavy atom. The number of nitrogens with one attached hydrogen (secondary N) is 1. The van der Waals surface area contributed by atoms with Crippen LogP contribution in [0.1, 0.15) is 34.6 Å². The number of carbonyl (C=O) groups is 2. The average Bonchev–Trinajstić information content (AvgIpc) is 2.68. The number of rotatable bonds is 6. The molecule has 2 heterocycles. The molecule has 0 saturated carbocycles. The molecule has 2 rings (SSSR count). The number of aliphatic carboxylic acids is 1. The zero-order valence-corrected chi connectivity index (χ0v) is 19.0. The minimum absolute atomic E-state index is 0.472. The summed E-state index contributed by atoms with van der Waals surface area (Å²) in [5, 5.41) is 54.2. The molecule has 4 unspecified atom stereocenters. The lowest BCUT2D eigenvalue weighted by Crippen LogP contribution is -2.67. The van der Waals surface area contributed by atoms with Crippen LogP contribution in [0.4, 0.5) is 0 Å². The second-order valence-corrected chi connectivity index (χ2v) is 9.43. The van der Waals surface area contributed by atoms with E-state index in [1.807, 2.05) is 0 Å². The van der Waals surface area contributed by atoms with Crippen molar-refractivity contribution in [2.45, 2.75) is 102 Å². The van der Waals surface area contributed by atoms with Crippen molar-refractivity contribution < 1.29 is 54.1 Å². The van der Waals surface area contributed by atoms with Crippen LogP contribution in [0, 0.1) is 5.41 Å². The van der Waals surface area contributed by atoms with Crippen molar-refractivity contribution in [2.24, 2.45) is 5.41 Å². The SMILES string of the molecule is CNC(=O)C1O[C@H](C(C)(C)C)[C@H](O)C(O)[C@@H]1O[C@H]1OC(C(=O)O)[C@@H](OC(C)C)C(O)[C@H]1O. The normalized spacial score (nSPS) is 40.8. The van der Waals surface area contributed by atoms with E-state index in [0.717, 1.165) is 0 Å². The Balaban J connectivity index is 2.31. The van der Waals surface area contributed by atoms with Gasteiger partial charge in [0, 0.05) is 7.05 Å². The maximum absolute atomic E-state index is 12.5. The van der Waals surface area contributed by atoms with Crippen LogP contribution in [0.25, 0.3) is 0 Å². The standard InChI is InChI=1S/C20H35NO11/c1-7(2)29-13-9(23)11(25)19(32-15(13)18(27)28)31-12-8(22)10(24)16(20(3,4)5)30-14(12)17(26)21-6/h7-16,19,22-25H,1-6H3,(H,21,26)(H,27,28)/t8?,9?,10-,11-,12+,13+,14?,15?,16+,19+/m1/s1. The van der Waals surface area contributed by atoms with E-state index in [1.165, 1.54) is 7.05 Å². The monoisotopic (exact) mass is 465 g/mol. The number of ether oxygens (including phenoxy) is 4. The summed E-state index contributed by atoms with van der Waals surface area (Å²) in [6.07, 6.45) is -15.8. The first-order valence-electron chi connectivity index (χ1n) is 10.5. The van der Waals surface area contributed by atoms with Gasteiger partial charge in [-0.25, -0.2) is 4.79 Å². The summed E-state index contributed by atoms with van der Waals surface area (Å²) in [6, 6.07) is 0. The van der Waals surface area contributed by atoms with E-state index in [2.05, 4.69) is 5.32 Å². The Bertz CT molecular complexity index is 666. The zero-order valence-electron chi connectivity index (χ0n) is 19.0. The largest absolute Gasteiger partial charge is 0.479 e. The maximum atomic E-state index is 12.5. The van der Waals surface area contributed by atoms with Crippen molar-refractivity contribution in [2.75, 3.05) is 7.05 Å². The first kappa shape index (κ1) is 26.9. The third kappa shape index (κ3) is 5.57. The number of aliphatic hydroxyl groups excluding tert-OH is 4. The molecule has 6 N–H and O–H groups in total. The molecule has 0 bridgehead atoms. The fourth-order valence-corrected chi connectivity index (χ4v) is 3.86. The first-order valence-corrected chi connectivity index (χ1v) is 10.5. The molecular weight excluding hydrogens is 430 g/mol. The lowest BCUT2D eigenvalue weighted by Gasteiger charge is -2.48. The molecule has 0 aliphatic carbocycles. The Morgan fingerprint density at radius 1 is 0.906 bits per heavy atom. The molecule has 32 heavy (non-hydrogen) atoms. The number of carboxylic acid groups (broad SMARTS) is 1. The maximum Gasteiger partial charge on any atom is 0.335 e. The van der Waals surface area contributed by atoms with Gasteiger partial charge in [-0.15, -0.1) is 0 Å². The Morgan fingerprint density at radius 3 is 1.94 bits per heavy atom. The quantitative estimate of drug-likeness (QED) is 0.254. The molecule has 0 spiro atoms. The van der Waals surface area contributed by atoms with E-state index in [4.69, 9.17) is 18.9 Å². The summed E-state index contributed by atoms with van der Waals surface area (Å²) in [4.78, 5) is 24.2. The first-order chi connectivity index (χ1) is 14.7. The molecule has 2 fully saturated rings. The molecule has 10 atom stereocenters. The topological polar surface area (TPSA) is 184 Å². The van der Waals surface area contributed by atoms with Gasteiger partial charge in [0.25, 0.3) is 5.91 Å². The Kier molecular flexibility index (Phi) is 8.62. The summed E-state index contributed by atoms with van der Waals surface area (Å²) < 4.78 is 22.1. The summed E-state index contributed by atoms with van der Waals surface area (Å²) in [7, 11) is 1.34. The Hall–Kier alpha value is -1.38. The highest BCUT2D eigenvalue weighted by Gasteiger charge is 2.55. The molecule has 2 aliphatic rings. The van der Waals surface area contributed by atoms with E-state index in [9.17, 15) is 35.1 Å². The lowest BCUT2D eigenvalue weighted by atomic mass is 9.80. The van der Waals surface area contributed by atoms with E-state index in [0.29, 0.717) is 0 Å². The number of hydrogen-bond acceptors (Lipinski definition) is 10. The second-order valence-electron chi connectivity index (χ2n) is 9.43. The predicted octanol–water partition coefficient (Wildman–Crippen LogP) is -2.02. The van der Waals surface area contributed by atoms with Crippen molar-refractivity contribution in [3.05, 3.63) is 0 Å². The third-order valence-corrected chi connectivity index (χ3v) is 5.46. The highest BCUT2D eigenvalue weighted by Crippen LogP contribution is 2.36. The number of amides is 1. The summed E-state index contributed by atoms with van der Waals surface area (Å²) in [5.41, 5.74) is -0.648. The van der Waals surface area contributed by atoms with Crippen LogP contribution in [-0.4, -0.2) is 112 Å². The second kappa shape index (κ2) is 10.3. The number of carbonyl (C=O) groups excluding carboxylic acids is 1. The molecule has 0 aromatic rings. The van der Waals surface area contributed by atoms with Crippen LogP contribution >= 0.6 is 0 Å². The smallest absolute Gasteiger partial charge is 0.335 e. The van der Waals surface area contributed by atoms with Gasteiger partial charge in [0.05, 0.1) is 12.2 Å². The van der Waals surface area contributed by atoms with Gasteiger partial charge in [0.15, 0.2) is 18.5 Å². The molecule has 2 aliphatic heterocycles. The van der Waals surface area contributed by atoms with Crippen molar-refractivity contribution in [1.82, 2.24) is 5.32 Å². The summed E-state index contributed by atoms with van der Waals surface area (Å²) >= 11 is 0. The molecule has 12 nitrogen and oxygen atoms in total. The van der Waals surface area contributed by atoms with E-state index < -0.39 is 84.6 Å². The fraction of sp³-hybridized carbons (Fsp3) is 0.900. The molecule has 0 aromatic carbocycles. The van der Waals surface area contributed by atoms with Gasteiger partial charge >= 0.3 is 5.97 Å². The van der Waals surface area contributed by atoms with Gasteiger partial charge < -0.3 is 49.8 Å². The van der Waals surface area contributed by atoms with Crippen molar-refractivity contribution in [3.63, 3.8) is 0 Å². The number of carboxylic acids is 1. The van der Waals surface area contributed by atoms with Gasteiger partial charge in [-0.3, -0.25) is 4.79 Å². The third-order valence-electron chi connectivity index (χ3n) is 5.46. The molecule has 0 aromatic heterocycles. The van der Waals surface area contributed by atoms with E-state index in [-0.39, 0.29) is 0 Å². The molecule has 0 radical (unpaired) electrons. The minimum atomic E-state index is -1.77. The van der Waals surface area contributed by atoms with Gasteiger partial charge in [-0.05, 0) is 19.3 Å². The zero-order chi connectivity index (χ0) is 24.5. The van der Waals surface area contributed by atoms with Crippen LogP contribution in [0.5, 0.6) is 0 Å². The lowest BCUT2D eigenvalue weighted by molar-refractivity contribution is -0.340. The highest BCUT2D eigenvalue weighted by molar-refractivity contribution is 5.81. The van der Waals surface area contributed by atoms with E-state index in [1.54, 1.807) is 34.6 Å². The minimum Gasteiger partial charge on any atom is -0.479 e. The van der Waals surface area contributed by atoms with Crippen LogP contribution in [0.2, 0.25) is 0 Å². The molecular formula is C20H35NO11. The molecule has 12 heteroatoms. The summed E-state index contributed by atoms with van der Waals surface area (Å²) in [5.74, 6) is -2.14. The van der Waals surface area contributed by atoms with Crippen LogP contribution in [0.3, 0.4) is 0 Å². The number of hydrogen-bond donors (Lipinski definition) is 6. The van der Waals surface area contributed by atoms with Crippen molar-refractivity contribution in [1.29, 1.82) is 0 Å².